The zero-order valence-corrected chi connectivity index (χ0v) is 15.9. The second-order valence-corrected chi connectivity index (χ2v) is 7.00. The van der Waals surface area contributed by atoms with Crippen LogP contribution in [0.15, 0.2) is 48.5 Å². The average molecular weight is 399 g/mol. The van der Waals surface area contributed by atoms with Crippen LogP contribution in [0.2, 0.25) is 0 Å². The zero-order valence-electron chi connectivity index (χ0n) is 15.2. The number of hydrogen-bond donors (Lipinski definition) is 2. The van der Waals surface area contributed by atoms with Gasteiger partial charge in [-0.05, 0) is 29.3 Å². The number of fused-ring (bicyclic) bond motifs is 3. The molecule has 0 bridgehead atoms. The van der Waals surface area contributed by atoms with Crippen LogP contribution >= 0.6 is 11.6 Å². The van der Waals surface area contributed by atoms with E-state index in [1.54, 1.807) is 24.3 Å². The van der Waals surface area contributed by atoms with Crippen LogP contribution < -0.4 is 0 Å². The number of aromatic amines is 1. The molecule has 0 radical (unpaired) electrons. The van der Waals surface area contributed by atoms with Crippen LogP contribution in [-0.2, 0) is 20.7 Å². The zero-order chi connectivity index (χ0) is 19.8. The van der Waals surface area contributed by atoms with E-state index >= 15 is 0 Å². The molecule has 7 heteroatoms. The molecule has 0 saturated carbocycles. The number of rotatable bonds is 3. The van der Waals surface area contributed by atoms with E-state index in [0.29, 0.717) is 6.42 Å². The number of nitrogens with zero attached hydrogens (tertiary/aromatic N) is 1. The van der Waals surface area contributed by atoms with Crippen molar-refractivity contribution in [3.63, 3.8) is 0 Å². The molecule has 2 N–H and O–H groups in total. The van der Waals surface area contributed by atoms with Crippen molar-refractivity contribution in [2.75, 3.05) is 13.0 Å². The van der Waals surface area contributed by atoms with Crippen molar-refractivity contribution in [3.05, 3.63) is 65.4 Å². The number of nitrogens with one attached hydrogen (secondary N) is 1. The molecule has 2 atom stereocenters. The number of esters is 1. The molecular formula is C21H19ClN2O4. The minimum Gasteiger partial charge on any atom is -0.508 e. The SMILES string of the molecule is COC(=O)C1Cc2c([nH]c3ccccc23)[C@@H](c2ccc(O)cc2)N1C(=O)CCl. The lowest BCUT2D eigenvalue weighted by molar-refractivity contribution is -0.154. The van der Waals surface area contributed by atoms with E-state index in [-0.39, 0.29) is 17.5 Å². The van der Waals surface area contributed by atoms with Crippen molar-refractivity contribution in [2.24, 2.45) is 0 Å². The van der Waals surface area contributed by atoms with Gasteiger partial charge in [0.1, 0.15) is 17.7 Å². The van der Waals surface area contributed by atoms with E-state index in [9.17, 15) is 14.7 Å². The number of H-pyrrole nitrogens is 1. The molecule has 1 aromatic heterocycles. The van der Waals surface area contributed by atoms with Crippen molar-refractivity contribution < 1.29 is 19.4 Å². The fourth-order valence-corrected chi connectivity index (χ4v) is 4.13. The van der Waals surface area contributed by atoms with Gasteiger partial charge in [-0.25, -0.2) is 4.79 Å². The largest absolute Gasteiger partial charge is 0.508 e. The standard InChI is InChI=1S/C21H19ClN2O4/c1-28-21(27)17-10-15-14-4-2-3-5-16(14)23-19(15)20(24(17)18(26)11-22)12-6-8-13(25)9-7-12/h2-9,17,20,23,25H,10-11H2,1H3/t17?,20-/m1/s1. The fourth-order valence-electron chi connectivity index (χ4n) is 3.99. The van der Waals surface area contributed by atoms with Gasteiger partial charge in [-0.2, -0.15) is 0 Å². The fraction of sp³-hybridized carbons (Fsp3) is 0.238. The first-order valence-corrected chi connectivity index (χ1v) is 9.42. The highest BCUT2D eigenvalue weighted by Crippen LogP contribution is 2.41. The molecule has 28 heavy (non-hydrogen) atoms. The average Bonchev–Trinajstić information content (AvgIpc) is 3.10. The molecule has 6 nitrogen and oxygen atoms in total. The maximum Gasteiger partial charge on any atom is 0.328 e. The summed E-state index contributed by atoms with van der Waals surface area (Å²) in [7, 11) is 1.31. The van der Waals surface area contributed by atoms with Crippen LogP contribution in [-0.4, -0.2) is 45.9 Å². The van der Waals surface area contributed by atoms with E-state index < -0.39 is 18.1 Å². The number of ether oxygens (including phenoxy) is 1. The van der Waals surface area contributed by atoms with E-state index in [4.69, 9.17) is 16.3 Å². The minimum absolute atomic E-state index is 0.121. The summed E-state index contributed by atoms with van der Waals surface area (Å²) in [5.74, 6) is -0.980. The highest BCUT2D eigenvalue weighted by atomic mass is 35.5. The Morgan fingerprint density at radius 2 is 1.93 bits per heavy atom. The Labute approximate surface area is 166 Å². The first-order chi connectivity index (χ1) is 13.5. The number of methoxy groups -OCH3 is 1. The van der Waals surface area contributed by atoms with Gasteiger partial charge < -0.3 is 19.7 Å². The molecule has 0 saturated heterocycles. The number of hydrogen-bond acceptors (Lipinski definition) is 4. The van der Waals surface area contributed by atoms with Gasteiger partial charge in [0.15, 0.2) is 0 Å². The van der Waals surface area contributed by atoms with Crippen LogP contribution in [0.25, 0.3) is 10.9 Å². The Morgan fingerprint density at radius 1 is 1.21 bits per heavy atom. The molecule has 1 unspecified atom stereocenters. The summed E-state index contributed by atoms with van der Waals surface area (Å²) in [6.07, 6.45) is 0.337. The third-order valence-corrected chi connectivity index (χ3v) is 5.44. The van der Waals surface area contributed by atoms with Gasteiger partial charge >= 0.3 is 5.97 Å². The Balaban J connectivity index is 1.98. The van der Waals surface area contributed by atoms with Gasteiger partial charge in [-0.1, -0.05) is 30.3 Å². The summed E-state index contributed by atoms with van der Waals surface area (Å²) in [5.41, 5.74) is 3.51. The number of phenolic OH excluding ortho intramolecular Hbond substituents is 1. The lowest BCUT2D eigenvalue weighted by atomic mass is 9.88. The van der Waals surface area contributed by atoms with E-state index in [0.717, 1.165) is 27.7 Å². The number of carbonyl (C=O) groups excluding carboxylic acids is 2. The maximum absolute atomic E-state index is 12.8. The molecule has 2 aromatic carbocycles. The van der Waals surface area contributed by atoms with Crippen LogP contribution in [0.3, 0.4) is 0 Å². The monoisotopic (exact) mass is 398 g/mol. The lowest BCUT2D eigenvalue weighted by Crippen LogP contribution is -2.52. The van der Waals surface area contributed by atoms with Crippen LogP contribution in [0.4, 0.5) is 0 Å². The van der Waals surface area contributed by atoms with Crippen LogP contribution in [0.1, 0.15) is 22.9 Å². The third-order valence-electron chi connectivity index (χ3n) is 5.22. The topological polar surface area (TPSA) is 82.6 Å². The number of amides is 1. The quantitative estimate of drug-likeness (QED) is 0.524. The van der Waals surface area contributed by atoms with Crippen molar-refractivity contribution in [2.45, 2.75) is 18.5 Å². The van der Waals surface area contributed by atoms with Gasteiger partial charge in [0, 0.05) is 23.0 Å². The summed E-state index contributed by atoms with van der Waals surface area (Å²) in [6.45, 7) is 0. The van der Waals surface area contributed by atoms with Gasteiger partial charge in [0.25, 0.3) is 0 Å². The molecule has 1 amide bonds. The van der Waals surface area contributed by atoms with Crippen molar-refractivity contribution in [1.82, 2.24) is 9.88 Å². The third kappa shape index (κ3) is 2.90. The summed E-state index contributed by atoms with van der Waals surface area (Å²) in [6, 6.07) is 13.1. The molecular weight excluding hydrogens is 380 g/mol. The highest BCUT2D eigenvalue weighted by molar-refractivity contribution is 6.27. The molecule has 3 aromatic rings. The number of para-hydroxylation sites is 1. The van der Waals surface area contributed by atoms with Crippen molar-refractivity contribution in [3.8, 4) is 5.75 Å². The highest BCUT2D eigenvalue weighted by Gasteiger charge is 2.43. The predicted octanol–water partition coefficient (Wildman–Crippen LogP) is 3.13. The molecule has 0 spiro atoms. The maximum atomic E-state index is 12.8. The number of halogens is 1. The summed E-state index contributed by atoms with van der Waals surface area (Å²) >= 11 is 5.89. The number of benzene rings is 2. The van der Waals surface area contributed by atoms with Gasteiger partial charge in [-0.3, -0.25) is 4.79 Å². The molecule has 0 aliphatic carbocycles. The summed E-state index contributed by atoms with van der Waals surface area (Å²) in [4.78, 5) is 30.3. The molecule has 1 aliphatic heterocycles. The summed E-state index contributed by atoms with van der Waals surface area (Å²) in [5, 5.41) is 10.7. The molecule has 144 valence electrons. The second kappa shape index (κ2) is 7.20. The van der Waals surface area contributed by atoms with Gasteiger partial charge in [-0.15, -0.1) is 11.6 Å². The first-order valence-electron chi connectivity index (χ1n) is 8.88. The Kier molecular flexibility index (Phi) is 4.73. The predicted molar refractivity (Wildman–Crippen MR) is 105 cm³/mol. The Bertz CT molecular complexity index is 1040. The minimum atomic E-state index is -0.790. The van der Waals surface area contributed by atoms with Crippen LogP contribution in [0.5, 0.6) is 5.75 Å². The van der Waals surface area contributed by atoms with E-state index in [2.05, 4.69) is 4.98 Å². The van der Waals surface area contributed by atoms with Gasteiger partial charge in [0.05, 0.1) is 13.2 Å². The van der Waals surface area contributed by atoms with Crippen molar-refractivity contribution in [1.29, 1.82) is 0 Å². The van der Waals surface area contributed by atoms with E-state index in [1.165, 1.54) is 12.0 Å². The summed E-state index contributed by atoms with van der Waals surface area (Å²) < 4.78 is 5.00. The normalized spacial score (nSPS) is 18.7. The Hall–Kier alpha value is -2.99. The number of phenols is 1. The van der Waals surface area contributed by atoms with Crippen LogP contribution in [0, 0.1) is 0 Å². The van der Waals surface area contributed by atoms with Gasteiger partial charge in [0.2, 0.25) is 5.91 Å². The van der Waals surface area contributed by atoms with E-state index in [1.807, 2.05) is 24.3 Å². The second-order valence-electron chi connectivity index (χ2n) is 6.73. The number of carbonyl (C=O) groups is 2. The molecule has 2 heterocycles. The molecule has 4 rings (SSSR count). The number of alkyl halides is 1. The smallest absolute Gasteiger partial charge is 0.328 e. The lowest BCUT2D eigenvalue weighted by Gasteiger charge is -2.40. The molecule has 1 aliphatic rings. The van der Waals surface area contributed by atoms with Crippen molar-refractivity contribution >= 4 is 34.4 Å². The number of aromatic nitrogens is 1. The molecule has 0 fully saturated rings. The number of aromatic hydroxyl groups is 1. The Morgan fingerprint density at radius 3 is 2.61 bits per heavy atom. The first kappa shape index (κ1) is 18.4.